The van der Waals surface area contributed by atoms with Gasteiger partial charge in [-0.05, 0) is 44.5 Å². The van der Waals surface area contributed by atoms with Crippen molar-refractivity contribution < 1.29 is 4.42 Å². The van der Waals surface area contributed by atoms with Gasteiger partial charge in [0, 0.05) is 17.3 Å². The number of rotatable bonds is 3. The highest BCUT2D eigenvalue weighted by Gasteiger charge is 2.30. The lowest BCUT2D eigenvalue weighted by Crippen LogP contribution is -2.30. The number of likely N-dealkylation sites (N-methyl/N-ethyl adjacent to an activating group) is 1. The molecule has 3 rings (SSSR count). The lowest BCUT2D eigenvalue weighted by molar-refractivity contribution is 0.422. The van der Waals surface area contributed by atoms with Crippen molar-refractivity contribution in [1.82, 2.24) is 5.32 Å². The van der Waals surface area contributed by atoms with Crippen LogP contribution < -0.4 is 5.32 Å². The van der Waals surface area contributed by atoms with E-state index in [9.17, 15) is 0 Å². The molecule has 1 N–H and O–H groups in total. The molecular weight excluding hydrogens is 222 g/mol. The fourth-order valence-corrected chi connectivity index (χ4v) is 3.17. The van der Waals surface area contributed by atoms with Gasteiger partial charge in [-0.2, -0.15) is 0 Å². The minimum Gasteiger partial charge on any atom is -0.461 e. The summed E-state index contributed by atoms with van der Waals surface area (Å²) in [7, 11) is 0. The van der Waals surface area contributed by atoms with Crippen molar-refractivity contribution in [3.63, 3.8) is 0 Å². The molecule has 1 aliphatic carbocycles. The molecule has 1 aromatic heterocycles. The van der Waals surface area contributed by atoms with E-state index >= 15 is 0 Å². The number of benzene rings is 1. The van der Waals surface area contributed by atoms with Crippen LogP contribution in [0.5, 0.6) is 0 Å². The minimum absolute atomic E-state index is 0.553. The average molecular weight is 243 g/mol. The Bertz CT molecular complexity index is 543. The summed E-state index contributed by atoms with van der Waals surface area (Å²) in [5.41, 5.74) is 2.32. The molecule has 0 radical (unpaired) electrons. The molecule has 2 unspecified atom stereocenters. The first-order valence-electron chi connectivity index (χ1n) is 7.01. The van der Waals surface area contributed by atoms with Crippen molar-refractivity contribution in [2.75, 3.05) is 6.54 Å². The van der Waals surface area contributed by atoms with Gasteiger partial charge in [0.15, 0.2) is 0 Å². The predicted octanol–water partition coefficient (Wildman–Crippen LogP) is 3.99. The van der Waals surface area contributed by atoms with E-state index in [1.807, 2.05) is 0 Å². The Labute approximate surface area is 108 Å². The summed E-state index contributed by atoms with van der Waals surface area (Å²) >= 11 is 0. The van der Waals surface area contributed by atoms with Crippen LogP contribution in [-0.4, -0.2) is 12.6 Å². The van der Waals surface area contributed by atoms with E-state index in [1.54, 1.807) is 0 Å². The van der Waals surface area contributed by atoms with E-state index in [0.29, 0.717) is 12.0 Å². The first-order valence-corrected chi connectivity index (χ1v) is 7.01. The van der Waals surface area contributed by atoms with E-state index in [0.717, 1.165) is 12.1 Å². The summed E-state index contributed by atoms with van der Waals surface area (Å²) in [5.74, 6) is 1.72. The maximum Gasteiger partial charge on any atom is 0.134 e. The smallest absolute Gasteiger partial charge is 0.134 e. The Hall–Kier alpha value is -1.28. The summed E-state index contributed by atoms with van der Waals surface area (Å²) < 4.78 is 6.04. The van der Waals surface area contributed by atoms with Crippen LogP contribution in [0.1, 0.15) is 43.4 Å². The Morgan fingerprint density at radius 1 is 1.28 bits per heavy atom. The molecule has 1 heterocycles. The van der Waals surface area contributed by atoms with E-state index in [4.69, 9.17) is 4.42 Å². The van der Waals surface area contributed by atoms with E-state index in [-0.39, 0.29) is 0 Å². The van der Waals surface area contributed by atoms with E-state index in [1.165, 1.54) is 36.0 Å². The number of fused-ring (bicyclic) bond motifs is 1. The van der Waals surface area contributed by atoms with Crippen molar-refractivity contribution in [3.8, 4) is 0 Å². The third-order valence-corrected chi connectivity index (χ3v) is 4.04. The largest absolute Gasteiger partial charge is 0.461 e. The Balaban J connectivity index is 1.93. The van der Waals surface area contributed by atoms with E-state index in [2.05, 4.69) is 43.4 Å². The second kappa shape index (κ2) is 4.77. The summed E-state index contributed by atoms with van der Waals surface area (Å²) in [5, 5.41) is 4.83. The number of nitrogens with one attached hydrogen (secondary N) is 1. The van der Waals surface area contributed by atoms with Crippen LogP contribution in [0.3, 0.4) is 0 Å². The zero-order chi connectivity index (χ0) is 12.5. The molecule has 0 amide bonds. The molecule has 1 fully saturated rings. The van der Waals surface area contributed by atoms with Crippen LogP contribution in [0.2, 0.25) is 0 Å². The van der Waals surface area contributed by atoms with Crippen LogP contribution >= 0.6 is 0 Å². The third kappa shape index (κ3) is 2.05. The maximum absolute atomic E-state index is 6.04. The van der Waals surface area contributed by atoms with Gasteiger partial charge in [0.05, 0.1) is 0 Å². The molecule has 96 valence electrons. The molecule has 0 saturated heterocycles. The number of aryl methyl sites for hydroxylation is 1. The van der Waals surface area contributed by atoms with Crippen LogP contribution in [0.15, 0.2) is 28.7 Å². The van der Waals surface area contributed by atoms with Gasteiger partial charge >= 0.3 is 0 Å². The zero-order valence-corrected chi connectivity index (χ0v) is 11.2. The molecule has 0 bridgehead atoms. The normalized spacial score (nSPS) is 23.9. The summed E-state index contributed by atoms with van der Waals surface area (Å²) in [6.07, 6.45) is 3.82. The molecule has 18 heavy (non-hydrogen) atoms. The molecule has 2 heteroatoms. The average Bonchev–Trinajstić information content (AvgIpc) is 2.94. The zero-order valence-electron chi connectivity index (χ0n) is 11.2. The van der Waals surface area contributed by atoms with Crippen molar-refractivity contribution in [3.05, 3.63) is 35.6 Å². The van der Waals surface area contributed by atoms with Gasteiger partial charge in [0.2, 0.25) is 0 Å². The second-order valence-corrected chi connectivity index (χ2v) is 5.39. The molecule has 2 atom stereocenters. The van der Waals surface area contributed by atoms with Gasteiger partial charge in [0.1, 0.15) is 11.3 Å². The van der Waals surface area contributed by atoms with Crippen LogP contribution in [0.25, 0.3) is 11.0 Å². The quantitative estimate of drug-likeness (QED) is 0.882. The van der Waals surface area contributed by atoms with Gasteiger partial charge in [-0.1, -0.05) is 25.0 Å². The summed E-state index contributed by atoms with van der Waals surface area (Å²) in [6.45, 7) is 5.35. The Morgan fingerprint density at radius 2 is 2.17 bits per heavy atom. The first kappa shape index (κ1) is 11.8. The number of hydrogen-bond donors (Lipinski definition) is 1. The SMILES string of the molecule is CCNC1CCCC1c1cc2cc(C)ccc2o1. The first-order chi connectivity index (χ1) is 8.78. The van der Waals surface area contributed by atoms with Crippen molar-refractivity contribution in [2.45, 2.75) is 45.1 Å². The number of furan rings is 1. The molecule has 2 aromatic rings. The molecule has 1 aromatic carbocycles. The van der Waals surface area contributed by atoms with Crippen molar-refractivity contribution in [2.24, 2.45) is 0 Å². The highest BCUT2D eigenvalue weighted by molar-refractivity contribution is 5.78. The number of hydrogen-bond acceptors (Lipinski definition) is 2. The third-order valence-electron chi connectivity index (χ3n) is 4.04. The molecule has 2 nitrogen and oxygen atoms in total. The highest BCUT2D eigenvalue weighted by atomic mass is 16.3. The Morgan fingerprint density at radius 3 is 3.00 bits per heavy atom. The minimum atomic E-state index is 0.553. The van der Waals surface area contributed by atoms with Crippen molar-refractivity contribution >= 4 is 11.0 Å². The summed E-state index contributed by atoms with van der Waals surface area (Å²) in [4.78, 5) is 0. The molecule has 0 spiro atoms. The lowest BCUT2D eigenvalue weighted by Gasteiger charge is -2.17. The Kier molecular flexibility index (Phi) is 3.13. The molecule has 0 aliphatic heterocycles. The van der Waals surface area contributed by atoms with Crippen LogP contribution in [-0.2, 0) is 0 Å². The van der Waals surface area contributed by atoms with Crippen LogP contribution in [0, 0.1) is 6.92 Å². The van der Waals surface area contributed by atoms with Crippen molar-refractivity contribution in [1.29, 1.82) is 0 Å². The van der Waals surface area contributed by atoms with Gasteiger partial charge in [-0.3, -0.25) is 0 Å². The van der Waals surface area contributed by atoms with E-state index < -0.39 is 0 Å². The molecule has 1 saturated carbocycles. The van der Waals surface area contributed by atoms with Gasteiger partial charge in [-0.15, -0.1) is 0 Å². The maximum atomic E-state index is 6.04. The van der Waals surface area contributed by atoms with Gasteiger partial charge < -0.3 is 9.73 Å². The lowest BCUT2D eigenvalue weighted by atomic mass is 10.00. The van der Waals surface area contributed by atoms with Gasteiger partial charge in [0.25, 0.3) is 0 Å². The monoisotopic (exact) mass is 243 g/mol. The van der Waals surface area contributed by atoms with Crippen LogP contribution in [0.4, 0.5) is 0 Å². The predicted molar refractivity (Wildman–Crippen MR) is 75.0 cm³/mol. The van der Waals surface area contributed by atoms with Gasteiger partial charge in [-0.25, -0.2) is 0 Å². The highest BCUT2D eigenvalue weighted by Crippen LogP contribution is 2.37. The second-order valence-electron chi connectivity index (χ2n) is 5.39. The molecule has 1 aliphatic rings. The standard InChI is InChI=1S/C16H21NO/c1-3-17-14-6-4-5-13(14)16-10-12-9-11(2)7-8-15(12)18-16/h7-10,13-14,17H,3-6H2,1-2H3. The fourth-order valence-electron chi connectivity index (χ4n) is 3.17. The molecular formula is C16H21NO. The fraction of sp³-hybridized carbons (Fsp3) is 0.500. The summed E-state index contributed by atoms with van der Waals surface area (Å²) in [6, 6.07) is 9.25. The topological polar surface area (TPSA) is 25.2 Å².